The summed E-state index contributed by atoms with van der Waals surface area (Å²) in [5.41, 5.74) is 5.57. The molecule has 2 rings (SSSR count). The molecule has 0 amide bonds. The van der Waals surface area contributed by atoms with E-state index in [0.29, 0.717) is 0 Å². The highest BCUT2D eigenvalue weighted by Crippen LogP contribution is 2.48. The zero-order valence-corrected chi connectivity index (χ0v) is 18.3. The minimum atomic E-state index is -0.793. The van der Waals surface area contributed by atoms with Gasteiger partial charge in [0.1, 0.15) is 0 Å². The van der Waals surface area contributed by atoms with Crippen LogP contribution in [0.2, 0.25) is 0 Å². The fourth-order valence-corrected chi connectivity index (χ4v) is 4.33. The van der Waals surface area contributed by atoms with Gasteiger partial charge in [-0.3, -0.25) is 4.98 Å². The first-order valence-electron chi connectivity index (χ1n) is 9.06. The monoisotopic (exact) mass is 357 g/mol. The molecule has 1 aromatic carbocycles. The maximum atomic E-state index is 4.82. The van der Waals surface area contributed by atoms with Gasteiger partial charge in [-0.2, -0.15) is 0 Å². The normalized spacial score (nSPS) is 13.8. The zero-order valence-electron chi connectivity index (χ0n) is 17.5. The van der Waals surface area contributed by atoms with E-state index in [-0.39, 0.29) is 10.8 Å². The van der Waals surface area contributed by atoms with Crippen molar-refractivity contribution in [3.63, 3.8) is 0 Å². The number of nitrogens with zero attached hydrogens (tertiary/aromatic N) is 1. The van der Waals surface area contributed by atoms with Gasteiger partial charge in [0.15, 0.2) is 0 Å². The van der Waals surface area contributed by atoms with E-state index in [9.17, 15) is 0 Å². The van der Waals surface area contributed by atoms with Gasteiger partial charge < -0.3 is 0 Å². The summed E-state index contributed by atoms with van der Waals surface area (Å²) in [6.45, 7) is 13.7. The summed E-state index contributed by atoms with van der Waals surface area (Å²) in [5, 5.41) is 0. The summed E-state index contributed by atoms with van der Waals surface area (Å²) < 4.78 is 0. The lowest BCUT2D eigenvalue weighted by molar-refractivity contribution is 0.408. The van der Waals surface area contributed by atoms with Gasteiger partial charge in [-0.25, -0.2) is 10.0 Å². The van der Waals surface area contributed by atoms with E-state index < -0.39 is 10.0 Å². The second-order valence-corrected chi connectivity index (χ2v) is 14.2. The third-order valence-corrected chi connectivity index (χ3v) is 6.06. The number of pyridine rings is 1. The van der Waals surface area contributed by atoms with Gasteiger partial charge in [-0.05, 0) is 53.2 Å². The van der Waals surface area contributed by atoms with Crippen LogP contribution in [0, 0.1) is 5.41 Å². The van der Waals surface area contributed by atoms with Crippen molar-refractivity contribution in [3.8, 4) is 11.3 Å². The molecule has 0 aliphatic heterocycles. The number of benzene rings is 1. The summed E-state index contributed by atoms with van der Waals surface area (Å²) in [5.74, 6) is 0. The molecule has 0 saturated carbocycles. The van der Waals surface area contributed by atoms with E-state index in [1.807, 2.05) is 0 Å². The summed E-state index contributed by atoms with van der Waals surface area (Å²) in [6, 6.07) is 11.2. The Labute approximate surface area is 156 Å². The Bertz CT molecular complexity index is 723. The Morgan fingerprint density at radius 3 is 1.88 bits per heavy atom. The predicted molar refractivity (Wildman–Crippen MR) is 115 cm³/mol. The summed E-state index contributed by atoms with van der Waals surface area (Å²) in [4.78, 5) is 6.26. The quantitative estimate of drug-likeness (QED) is 0.596. The zero-order chi connectivity index (χ0) is 19.0. The molecule has 0 N–H and O–H groups in total. The standard InChI is InChI=1S/C23H35NS/c1-22(2,3)15-18-14-20(24-16-21(18)25(7,8)9)17-10-12-19(13-11-17)23(4,5)6/h10-14,16H,15H2,1-9H3. The molecular weight excluding hydrogens is 322 g/mol. The van der Waals surface area contributed by atoms with Crippen molar-refractivity contribution in [2.75, 3.05) is 18.8 Å². The van der Waals surface area contributed by atoms with Crippen molar-refractivity contribution in [1.82, 2.24) is 4.98 Å². The first kappa shape index (κ1) is 20.0. The largest absolute Gasteiger partial charge is 0.255 e. The lowest BCUT2D eigenvalue weighted by atomic mass is 9.86. The average molecular weight is 358 g/mol. The molecule has 0 saturated heterocycles. The highest BCUT2D eigenvalue weighted by molar-refractivity contribution is 8.32. The molecule has 0 bridgehead atoms. The van der Waals surface area contributed by atoms with Crippen LogP contribution >= 0.6 is 10.0 Å². The smallest absolute Gasteiger partial charge is 0.0705 e. The number of hydrogen-bond acceptors (Lipinski definition) is 1. The minimum Gasteiger partial charge on any atom is -0.255 e. The molecule has 2 aromatic rings. The van der Waals surface area contributed by atoms with Gasteiger partial charge >= 0.3 is 0 Å². The molecule has 0 radical (unpaired) electrons. The molecule has 25 heavy (non-hydrogen) atoms. The van der Waals surface area contributed by atoms with Crippen LogP contribution in [-0.4, -0.2) is 23.8 Å². The number of rotatable bonds is 3. The summed E-state index contributed by atoms with van der Waals surface area (Å²) in [7, 11) is -0.793. The van der Waals surface area contributed by atoms with Gasteiger partial charge in [0, 0.05) is 16.7 Å². The Kier molecular flexibility index (Phi) is 5.45. The lowest BCUT2D eigenvalue weighted by Gasteiger charge is -2.31. The minimum absolute atomic E-state index is 0.183. The van der Waals surface area contributed by atoms with Crippen LogP contribution in [0.5, 0.6) is 0 Å². The van der Waals surface area contributed by atoms with E-state index in [1.54, 1.807) is 0 Å². The highest BCUT2D eigenvalue weighted by Gasteiger charge is 2.20. The van der Waals surface area contributed by atoms with Crippen LogP contribution in [0.1, 0.15) is 52.7 Å². The molecule has 0 aliphatic carbocycles. The number of aromatic nitrogens is 1. The van der Waals surface area contributed by atoms with Crippen LogP contribution in [0.25, 0.3) is 11.3 Å². The van der Waals surface area contributed by atoms with Crippen LogP contribution in [0.3, 0.4) is 0 Å². The van der Waals surface area contributed by atoms with Crippen LogP contribution in [-0.2, 0) is 11.8 Å². The summed E-state index contributed by atoms with van der Waals surface area (Å²) in [6.07, 6.45) is 10.3. The summed E-state index contributed by atoms with van der Waals surface area (Å²) >= 11 is 0. The van der Waals surface area contributed by atoms with Gasteiger partial charge in [0.25, 0.3) is 0 Å². The topological polar surface area (TPSA) is 12.9 Å². The second kappa shape index (κ2) is 6.79. The van der Waals surface area contributed by atoms with Crippen molar-refractivity contribution in [3.05, 3.63) is 47.7 Å². The van der Waals surface area contributed by atoms with Gasteiger partial charge in [-0.15, -0.1) is 0 Å². The third kappa shape index (κ3) is 5.34. The Balaban J connectivity index is 2.47. The highest BCUT2D eigenvalue weighted by atomic mass is 32.3. The lowest BCUT2D eigenvalue weighted by Crippen LogP contribution is -2.12. The van der Waals surface area contributed by atoms with Crippen molar-refractivity contribution in [1.29, 1.82) is 0 Å². The Hall–Kier alpha value is -1.28. The van der Waals surface area contributed by atoms with Gasteiger partial charge in [-0.1, -0.05) is 65.8 Å². The molecular formula is C23H35NS. The van der Waals surface area contributed by atoms with Crippen LogP contribution in [0.15, 0.2) is 41.4 Å². The molecule has 0 unspecified atom stereocenters. The van der Waals surface area contributed by atoms with Crippen LogP contribution in [0.4, 0.5) is 0 Å². The third-order valence-electron chi connectivity index (χ3n) is 4.38. The Morgan fingerprint density at radius 1 is 0.880 bits per heavy atom. The van der Waals surface area contributed by atoms with E-state index in [2.05, 4.69) is 96.8 Å². The molecule has 2 heteroatoms. The molecule has 1 aromatic heterocycles. The fraction of sp³-hybridized carbons (Fsp3) is 0.522. The van der Waals surface area contributed by atoms with Gasteiger partial charge in [0.2, 0.25) is 0 Å². The number of hydrogen-bond donors (Lipinski definition) is 0. The molecule has 0 fully saturated rings. The molecule has 0 atom stereocenters. The Morgan fingerprint density at radius 2 is 1.44 bits per heavy atom. The first-order valence-corrected chi connectivity index (χ1v) is 11.9. The maximum absolute atomic E-state index is 4.82. The van der Waals surface area contributed by atoms with Crippen molar-refractivity contribution in [2.24, 2.45) is 5.41 Å². The van der Waals surface area contributed by atoms with Crippen molar-refractivity contribution < 1.29 is 0 Å². The fourth-order valence-electron chi connectivity index (χ4n) is 3.04. The molecule has 0 aliphatic rings. The van der Waals surface area contributed by atoms with E-state index >= 15 is 0 Å². The maximum Gasteiger partial charge on any atom is 0.0705 e. The van der Waals surface area contributed by atoms with Crippen molar-refractivity contribution in [2.45, 2.75) is 58.3 Å². The van der Waals surface area contributed by atoms with E-state index in [0.717, 1.165) is 12.1 Å². The first-order chi connectivity index (χ1) is 11.3. The van der Waals surface area contributed by atoms with E-state index in [1.165, 1.54) is 21.6 Å². The van der Waals surface area contributed by atoms with Gasteiger partial charge in [0.05, 0.1) is 5.69 Å². The van der Waals surface area contributed by atoms with Crippen molar-refractivity contribution >= 4 is 10.0 Å². The average Bonchev–Trinajstić information content (AvgIpc) is 2.43. The molecule has 0 spiro atoms. The van der Waals surface area contributed by atoms with E-state index in [4.69, 9.17) is 4.98 Å². The predicted octanol–water partition coefficient (Wildman–Crippen LogP) is 6.69. The molecule has 138 valence electrons. The molecule has 1 nitrogen and oxygen atoms in total. The SMILES string of the molecule is CC(C)(C)Cc1cc(-c2ccc(C(C)(C)C)cc2)ncc1S(C)(C)C. The molecule has 1 heterocycles. The van der Waals surface area contributed by atoms with Crippen LogP contribution < -0.4 is 0 Å². The second-order valence-electron chi connectivity index (χ2n) is 10.1.